The molecule has 3 rings (SSSR count). The number of pyridine rings is 1. The molecule has 0 radical (unpaired) electrons. The number of aryl methyl sites for hydroxylation is 2. The van der Waals surface area contributed by atoms with E-state index >= 15 is 0 Å². The van der Waals surface area contributed by atoms with Crippen molar-refractivity contribution in [2.45, 2.75) is 52.1 Å². The molecule has 1 atom stereocenters. The van der Waals surface area contributed by atoms with Crippen LogP contribution in [0.4, 0.5) is 0 Å². The zero-order valence-electron chi connectivity index (χ0n) is 15.2. The second-order valence-corrected chi connectivity index (χ2v) is 6.70. The first-order valence-corrected chi connectivity index (χ1v) is 8.91. The highest BCUT2D eigenvalue weighted by Gasteiger charge is 2.26. The molecule has 1 saturated heterocycles. The van der Waals surface area contributed by atoms with Crippen LogP contribution in [0.15, 0.2) is 28.9 Å². The quantitative estimate of drug-likeness (QED) is 0.819. The summed E-state index contributed by atoms with van der Waals surface area (Å²) in [6, 6.07) is 5.67. The molecule has 1 aliphatic rings. The van der Waals surface area contributed by atoms with Crippen LogP contribution in [0.25, 0.3) is 0 Å². The molecule has 2 aromatic rings. The fraction of sp³-hybridized carbons (Fsp3) is 0.474. The molecule has 1 fully saturated rings. The average molecular weight is 356 g/mol. The van der Waals surface area contributed by atoms with Gasteiger partial charge in [0.2, 0.25) is 11.8 Å². The Morgan fingerprint density at radius 2 is 2.23 bits per heavy atom. The number of carbonyl (C=O) groups is 2. The van der Waals surface area contributed by atoms with Gasteiger partial charge in [0.1, 0.15) is 5.76 Å². The first kappa shape index (κ1) is 18.1. The number of rotatable bonds is 7. The molecule has 0 aliphatic carbocycles. The lowest BCUT2D eigenvalue weighted by Crippen LogP contribution is -2.41. The lowest BCUT2D eigenvalue weighted by atomic mass is 10.1. The predicted molar refractivity (Wildman–Crippen MR) is 95.1 cm³/mol. The Hall–Kier alpha value is -2.70. The van der Waals surface area contributed by atoms with E-state index in [9.17, 15) is 9.59 Å². The monoisotopic (exact) mass is 356 g/mol. The van der Waals surface area contributed by atoms with Crippen LogP contribution in [-0.2, 0) is 22.6 Å². The normalized spacial score (nSPS) is 16.5. The smallest absolute Gasteiger partial charge is 0.223 e. The molecule has 7 heteroatoms. The first-order chi connectivity index (χ1) is 12.5. The third-order valence-electron chi connectivity index (χ3n) is 4.73. The summed E-state index contributed by atoms with van der Waals surface area (Å²) in [6.07, 6.45) is 3.97. The van der Waals surface area contributed by atoms with Crippen LogP contribution in [-0.4, -0.2) is 39.4 Å². The van der Waals surface area contributed by atoms with Crippen molar-refractivity contribution in [2.24, 2.45) is 0 Å². The second kappa shape index (κ2) is 8.12. The van der Waals surface area contributed by atoms with Gasteiger partial charge in [0.05, 0.1) is 17.9 Å². The van der Waals surface area contributed by atoms with E-state index in [1.807, 2.05) is 32.0 Å². The molecule has 26 heavy (non-hydrogen) atoms. The van der Waals surface area contributed by atoms with Gasteiger partial charge >= 0.3 is 0 Å². The van der Waals surface area contributed by atoms with Crippen LogP contribution >= 0.6 is 0 Å². The van der Waals surface area contributed by atoms with E-state index in [1.165, 1.54) is 0 Å². The van der Waals surface area contributed by atoms with Crippen molar-refractivity contribution in [3.05, 3.63) is 47.1 Å². The molecule has 2 amide bonds. The third kappa shape index (κ3) is 4.47. The van der Waals surface area contributed by atoms with E-state index in [1.54, 1.807) is 11.1 Å². The van der Waals surface area contributed by atoms with E-state index in [-0.39, 0.29) is 17.9 Å². The van der Waals surface area contributed by atoms with Crippen LogP contribution in [0.2, 0.25) is 0 Å². The minimum Gasteiger partial charge on any atom is -0.361 e. The topological polar surface area (TPSA) is 88.3 Å². The Labute approximate surface area is 152 Å². The Morgan fingerprint density at radius 1 is 1.38 bits per heavy atom. The van der Waals surface area contributed by atoms with E-state index in [0.717, 1.165) is 29.1 Å². The first-order valence-electron chi connectivity index (χ1n) is 8.91. The van der Waals surface area contributed by atoms with Crippen molar-refractivity contribution in [2.75, 3.05) is 6.54 Å². The molecule has 0 bridgehead atoms. The highest BCUT2D eigenvalue weighted by molar-refractivity contribution is 5.79. The molecule has 138 valence electrons. The zero-order chi connectivity index (χ0) is 18.5. The SMILES string of the molecule is Cc1noc(C)c1CCC(=O)N(Cc1ccccn1)C[C@@H]1CCC(=O)N1. The van der Waals surface area contributed by atoms with E-state index in [2.05, 4.69) is 15.5 Å². The number of nitrogens with zero attached hydrogens (tertiary/aromatic N) is 3. The Kier molecular flexibility index (Phi) is 5.65. The molecular weight excluding hydrogens is 332 g/mol. The fourth-order valence-electron chi connectivity index (χ4n) is 3.27. The summed E-state index contributed by atoms with van der Waals surface area (Å²) in [5, 5.41) is 6.88. The van der Waals surface area contributed by atoms with E-state index in [0.29, 0.717) is 32.4 Å². The van der Waals surface area contributed by atoms with Crippen molar-refractivity contribution >= 4 is 11.8 Å². The number of amides is 2. The summed E-state index contributed by atoms with van der Waals surface area (Å²) in [7, 11) is 0. The van der Waals surface area contributed by atoms with E-state index < -0.39 is 0 Å². The van der Waals surface area contributed by atoms with Gasteiger partial charge in [-0.25, -0.2) is 0 Å². The molecule has 3 heterocycles. The van der Waals surface area contributed by atoms with Crippen molar-refractivity contribution in [3.8, 4) is 0 Å². The fourth-order valence-corrected chi connectivity index (χ4v) is 3.27. The Bertz CT molecular complexity index is 753. The van der Waals surface area contributed by atoms with Crippen molar-refractivity contribution < 1.29 is 14.1 Å². The van der Waals surface area contributed by atoms with E-state index in [4.69, 9.17) is 4.52 Å². The molecule has 7 nitrogen and oxygen atoms in total. The minimum atomic E-state index is 0.00854. The van der Waals surface area contributed by atoms with Gasteiger partial charge < -0.3 is 14.7 Å². The Morgan fingerprint density at radius 3 is 2.85 bits per heavy atom. The van der Waals surface area contributed by atoms with Gasteiger partial charge in [-0.1, -0.05) is 11.2 Å². The maximum atomic E-state index is 12.9. The molecule has 1 aliphatic heterocycles. The van der Waals surface area contributed by atoms with Crippen LogP contribution < -0.4 is 5.32 Å². The molecule has 2 aromatic heterocycles. The van der Waals surface area contributed by atoms with Gasteiger partial charge in [0.15, 0.2) is 0 Å². The lowest BCUT2D eigenvalue weighted by molar-refractivity contribution is -0.132. The molecular formula is C19H24N4O3. The Balaban J connectivity index is 1.66. The number of carbonyl (C=O) groups excluding carboxylic acids is 2. The number of aromatic nitrogens is 2. The van der Waals surface area contributed by atoms with Crippen LogP contribution in [0.5, 0.6) is 0 Å². The van der Waals surface area contributed by atoms with Gasteiger partial charge in [-0.2, -0.15) is 0 Å². The van der Waals surface area contributed by atoms with Crippen molar-refractivity contribution in [1.29, 1.82) is 0 Å². The molecule has 0 unspecified atom stereocenters. The molecule has 0 spiro atoms. The maximum absolute atomic E-state index is 12.9. The third-order valence-corrected chi connectivity index (χ3v) is 4.73. The maximum Gasteiger partial charge on any atom is 0.223 e. The lowest BCUT2D eigenvalue weighted by Gasteiger charge is -2.25. The summed E-state index contributed by atoms with van der Waals surface area (Å²) >= 11 is 0. The second-order valence-electron chi connectivity index (χ2n) is 6.70. The van der Waals surface area contributed by atoms with Gasteiger partial charge in [-0.05, 0) is 38.8 Å². The number of hydrogen-bond donors (Lipinski definition) is 1. The summed E-state index contributed by atoms with van der Waals surface area (Å²) in [5.41, 5.74) is 2.66. The summed E-state index contributed by atoms with van der Waals surface area (Å²) in [5.74, 6) is 0.849. The van der Waals surface area contributed by atoms with Crippen LogP contribution in [0, 0.1) is 13.8 Å². The van der Waals surface area contributed by atoms with Crippen LogP contribution in [0.1, 0.15) is 42.0 Å². The molecule has 0 saturated carbocycles. The summed E-state index contributed by atoms with van der Waals surface area (Å²) in [6.45, 7) is 4.69. The highest BCUT2D eigenvalue weighted by Crippen LogP contribution is 2.17. The van der Waals surface area contributed by atoms with Gasteiger partial charge in [-0.3, -0.25) is 14.6 Å². The van der Waals surface area contributed by atoms with Crippen LogP contribution in [0.3, 0.4) is 0 Å². The predicted octanol–water partition coefficient (Wildman–Crippen LogP) is 1.93. The van der Waals surface area contributed by atoms with Gasteiger partial charge in [-0.15, -0.1) is 0 Å². The number of nitrogens with one attached hydrogen (secondary N) is 1. The standard InChI is InChI=1S/C19H24N4O3/c1-13-17(14(2)26-22-13)7-9-19(25)23(11-15-5-3-4-10-20-15)12-16-6-8-18(24)21-16/h3-5,10,16H,6-9,11-12H2,1-2H3,(H,21,24)/t16-/m0/s1. The molecule has 0 aromatic carbocycles. The summed E-state index contributed by atoms with van der Waals surface area (Å²) < 4.78 is 5.17. The average Bonchev–Trinajstić information content (AvgIpc) is 3.18. The zero-order valence-corrected chi connectivity index (χ0v) is 15.2. The summed E-state index contributed by atoms with van der Waals surface area (Å²) in [4.78, 5) is 30.5. The molecule has 1 N–H and O–H groups in total. The van der Waals surface area contributed by atoms with Gasteiger partial charge in [0, 0.05) is 37.2 Å². The van der Waals surface area contributed by atoms with Gasteiger partial charge in [0.25, 0.3) is 0 Å². The van der Waals surface area contributed by atoms with Crippen molar-refractivity contribution in [3.63, 3.8) is 0 Å². The minimum absolute atomic E-state index is 0.00854. The highest BCUT2D eigenvalue weighted by atomic mass is 16.5. The number of hydrogen-bond acceptors (Lipinski definition) is 5. The van der Waals surface area contributed by atoms with Crippen molar-refractivity contribution in [1.82, 2.24) is 20.4 Å². The largest absolute Gasteiger partial charge is 0.361 e.